The summed E-state index contributed by atoms with van der Waals surface area (Å²) in [7, 11) is 0. The number of hydrogen-bond donors (Lipinski definition) is 2. The molecule has 0 aliphatic heterocycles. The average Bonchev–Trinajstić information content (AvgIpc) is 2.97. The predicted molar refractivity (Wildman–Crippen MR) is 97.0 cm³/mol. The molecule has 0 atom stereocenters. The first-order valence-electron chi connectivity index (χ1n) is 8.67. The van der Waals surface area contributed by atoms with Crippen LogP contribution in [0.1, 0.15) is 43.0 Å². The Morgan fingerprint density at radius 1 is 1.32 bits per heavy atom. The van der Waals surface area contributed by atoms with Crippen LogP contribution in [-0.4, -0.2) is 28.0 Å². The number of aryl methyl sites for hydroxylation is 2. The minimum absolute atomic E-state index is 0.203. The van der Waals surface area contributed by atoms with E-state index in [-0.39, 0.29) is 12.1 Å². The molecule has 3 amide bonds. The first-order chi connectivity index (χ1) is 12.1. The van der Waals surface area contributed by atoms with Crippen molar-refractivity contribution >= 4 is 33.5 Å². The van der Waals surface area contributed by atoms with E-state index in [0.717, 1.165) is 48.9 Å². The second-order valence-electron chi connectivity index (χ2n) is 6.23. The number of nitrogens with zero attached hydrogens (tertiary/aromatic N) is 2. The van der Waals surface area contributed by atoms with Crippen molar-refractivity contribution in [2.75, 3.05) is 6.54 Å². The van der Waals surface area contributed by atoms with Crippen molar-refractivity contribution in [3.05, 3.63) is 27.1 Å². The summed E-state index contributed by atoms with van der Waals surface area (Å²) in [5, 5.41) is 5.50. The number of carbonyl (C=O) groups excluding carboxylic acids is 2. The second-order valence-corrected chi connectivity index (χ2v) is 7.31. The number of thiophene rings is 1. The molecular weight excluding hydrogens is 340 g/mol. The van der Waals surface area contributed by atoms with E-state index in [9.17, 15) is 14.4 Å². The Hall–Kier alpha value is -2.22. The lowest BCUT2D eigenvalue weighted by Crippen LogP contribution is -2.42. The third-order valence-corrected chi connectivity index (χ3v) is 5.52. The van der Waals surface area contributed by atoms with Gasteiger partial charge < -0.3 is 5.32 Å². The summed E-state index contributed by atoms with van der Waals surface area (Å²) in [5.74, 6) is -0.527. The fourth-order valence-electron chi connectivity index (χ4n) is 3.04. The second kappa shape index (κ2) is 7.77. The Balaban J connectivity index is 1.73. The summed E-state index contributed by atoms with van der Waals surface area (Å²) >= 11 is 1.57. The lowest BCUT2D eigenvalue weighted by molar-refractivity contribution is -0.120. The summed E-state index contributed by atoms with van der Waals surface area (Å²) in [6.07, 6.45) is 7.30. The topological polar surface area (TPSA) is 93.1 Å². The van der Waals surface area contributed by atoms with Crippen molar-refractivity contribution in [2.24, 2.45) is 0 Å². The molecule has 8 heteroatoms. The van der Waals surface area contributed by atoms with Crippen molar-refractivity contribution in [2.45, 2.75) is 52.0 Å². The molecule has 2 heterocycles. The molecule has 1 aliphatic rings. The van der Waals surface area contributed by atoms with Gasteiger partial charge in [0.2, 0.25) is 5.91 Å². The molecule has 1 aliphatic carbocycles. The molecule has 25 heavy (non-hydrogen) atoms. The van der Waals surface area contributed by atoms with Crippen LogP contribution in [0.15, 0.2) is 11.1 Å². The quantitative estimate of drug-likeness (QED) is 0.795. The van der Waals surface area contributed by atoms with Gasteiger partial charge in [0, 0.05) is 11.4 Å². The van der Waals surface area contributed by atoms with E-state index in [0.29, 0.717) is 11.9 Å². The molecule has 0 fully saturated rings. The number of rotatable bonds is 5. The van der Waals surface area contributed by atoms with Gasteiger partial charge in [-0.3, -0.25) is 19.5 Å². The monoisotopic (exact) mass is 362 g/mol. The molecule has 7 nitrogen and oxygen atoms in total. The van der Waals surface area contributed by atoms with Gasteiger partial charge in [-0.1, -0.05) is 13.3 Å². The average molecular weight is 362 g/mol. The zero-order valence-corrected chi connectivity index (χ0v) is 15.1. The van der Waals surface area contributed by atoms with Crippen molar-refractivity contribution in [1.29, 1.82) is 0 Å². The molecule has 2 aromatic rings. The van der Waals surface area contributed by atoms with Crippen LogP contribution in [0.3, 0.4) is 0 Å². The number of nitrogens with one attached hydrogen (secondary N) is 2. The van der Waals surface area contributed by atoms with Crippen LogP contribution in [0.25, 0.3) is 10.2 Å². The van der Waals surface area contributed by atoms with E-state index >= 15 is 0 Å². The highest BCUT2D eigenvalue weighted by Gasteiger charge is 2.20. The molecule has 0 aromatic carbocycles. The summed E-state index contributed by atoms with van der Waals surface area (Å²) in [6, 6.07) is -0.534. The van der Waals surface area contributed by atoms with Gasteiger partial charge in [-0.25, -0.2) is 9.78 Å². The first-order valence-corrected chi connectivity index (χ1v) is 9.49. The molecule has 0 spiro atoms. The molecule has 0 saturated heterocycles. The highest BCUT2D eigenvalue weighted by Crippen LogP contribution is 2.33. The van der Waals surface area contributed by atoms with Gasteiger partial charge in [0.15, 0.2) is 0 Å². The summed E-state index contributed by atoms with van der Waals surface area (Å²) in [4.78, 5) is 42.7. The van der Waals surface area contributed by atoms with E-state index in [1.807, 2.05) is 6.92 Å². The molecule has 0 unspecified atom stereocenters. The number of unbranched alkanes of at least 4 members (excludes halogenated alkanes) is 1. The SMILES string of the molecule is CCCCNC(=O)NC(=O)Cn1cnc2sc3c(c2c1=O)CCCC3. The number of urea groups is 1. The van der Waals surface area contributed by atoms with Gasteiger partial charge >= 0.3 is 6.03 Å². The maximum absolute atomic E-state index is 12.7. The fourth-order valence-corrected chi connectivity index (χ4v) is 4.26. The van der Waals surface area contributed by atoms with Crippen LogP contribution < -0.4 is 16.2 Å². The third-order valence-electron chi connectivity index (χ3n) is 4.32. The minimum atomic E-state index is -0.534. The Morgan fingerprint density at radius 2 is 2.12 bits per heavy atom. The fraction of sp³-hybridized carbons (Fsp3) is 0.529. The van der Waals surface area contributed by atoms with Gasteiger partial charge in [-0.15, -0.1) is 11.3 Å². The molecule has 0 bridgehead atoms. The first kappa shape index (κ1) is 17.6. The van der Waals surface area contributed by atoms with Crippen molar-refractivity contribution < 1.29 is 9.59 Å². The largest absolute Gasteiger partial charge is 0.338 e. The van der Waals surface area contributed by atoms with E-state index in [1.165, 1.54) is 15.8 Å². The van der Waals surface area contributed by atoms with Crippen LogP contribution in [0.5, 0.6) is 0 Å². The number of amides is 3. The summed E-state index contributed by atoms with van der Waals surface area (Å²) < 4.78 is 1.28. The molecule has 2 aromatic heterocycles. The smallest absolute Gasteiger partial charge is 0.321 e. The maximum Gasteiger partial charge on any atom is 0.321 e. The summed E-state index contributed by atoms with van der Waals surface area (Å²) in [5.41, 5.74) is 0.891. The van der Waals surface area contributed by atoms with Crippen LogP contribution in [0.2, 0.25) is 0 Å². The van der Waals surface area contributed by atoms with Crippen molar-refractivity contribution in [3.63, 3.8) is 0 Å². The van der Waals surface area contributed by atoms with Crippen LogP contribution in [0.4, 0.5) is 4.79 Å². The lowest BCUT2D eigenvalue weighted by atomic mass is 9.97. The number of imide groups is 1. The third kappa shape index (κ3) is 3.89. The highest BCUT2D eigenvalue weighted by molar-refractivity contribution is 7.18. The minimum Gasteiger partial charge on any atom is -0.338 e. The lowest BCUT2D eigenvalue weighted by Gasteiger charge is -2.10. The number of hydrogen-bond acceptors (Lipinski definition) is 5. The van der Waals surface area contributed by atoms with Gasteiger partial charge in [0.1, 0.15) is 11.4 Å². The molecule has 0 radical (unpaired) electrons. The highest BCUT2D eigenvalue weighted by atomic mass is 32.1. The van der Waals surface area contributed by atoms with Crippen molar-refractivity contribution in [3.8, 4) is 0 Å². The maximum atomic E-state index is 12.7. The van der Waals surface area contributed by atoms with Gasteiger partial charge in [-0.05, 0) is 37.7 Å². The predicted octanol–water partition coefficient (Wildman–Crippen LogP) is 1.96. The van der Waals surface area contributed by atoms with Crippen molar-refractivity contribution in [1.82, 2.24) is 20.2 Å². The van der Waals surface area contributed by atoms with Crippen LogP contribution in [-0.2, 0) is 24.2 Å². The molecule has 2 N–H and O–H groups in total. The van der Waals surface area contributed by atoms with Gasteiger partial charge in [-0.2, -0.15) is 0 Å². The standard InChI is InChI=1S/C17H22N4O3S/c1-2-3-8-18-17(24)20-13(22)9-21-10-19-15-14(16(21)23)11-6-4-5-7-12(11)25-15/h10H,2-9H2,1H3,(H2,18,20,22,24). The zero-order chi connectivity index (χ0) is 17.8. The molecular formula is C17H22N4O3S. The Labute approximate surface area is 149 Å². The molecule has 0 saturated carbocycles. The van der Waals surface area contributed by atoms with E-state index in [4.69, 9.17) is 0 Å². The Bertz CT molecular complexity index is 855. The number of carbonyl (C=O) groups is 2. The van der Waals surface area contributed by atoms with Gasteiger partial charge in [0.05, 0.1) is 11.7 Å². The van der Waals surface area contributed by atoms with Gasteiger partial charge in [0.25, 0.3) is 5.56 Å². The summed E-state index contributed by atoms with van der Waals surface area (Å²) in [6.45, 7) is 2.32. The molecule has 134 valence electrons. The van der Waals surface area contributed by atoms with E-state index in [2.05, 4.69) is 15.6 Å². The molecule has 3 rings (SSSR count). The Kier molecular flexibility index (Phi) is 5.47. The number of fused-ring (bicyclic) bond motifs is 3. The van der Waals surface area contributed by atoms with Crippen LogP contribution >= 0.6 is 11.3 Å². The normalized spacial score (nSPS) is 13.5. The van der Waals surface area contributed by atoms with E-state index < -0.39 is 11.9 Å². The Morgan fingerprint density at radius 3 is 2.92 bits per heavy atom. The van der Waals surface area contributed by atoms with E-state index in [1.54, 1.807) is 11.3 Å². The number of aromatic nitrogens is 2. The zero-order valence-electron chi connectivity index (χ0n) is 14.3. The van der Waals surface area contributed by atoms with Crippen LogP contribution in [0, 0.1) is 0 Å².